The molecule has 36 heavy (non-hydrogen) atoms. The molecule has 5 aliphatic rings. The Morgan fingerprint density at radius 1 is 1.17 bits per heavy atom. The average Bonchev–Trinajstić information content (AvgIpc) is 3.62. The van der Waals surface area contributed by atoms with Crippen molar-refractivity contribution < 1.29 is 19.3 Å². The molecule has 5 heteroatoms. The standard InChI is InChI=1S/C31H47NO4/c1-8-28(3,4)29(5,33)21-17-30(9-2)23-16-20-12-13-22(34-6)26-24(20)31(30,27(36-26)25(21)35-7)14-15-32(23)18-19-10-11-19/h12-13,19,21,23,25,27,33H,8-11,14-18H2,1-7H3/t21-,23+,25+,27-,29-,30+,31-/m0/s1. The molecule has 0 radical (unpaired) electrons. The highest BCUT2D eigenvalue weighted by atomic mass is 16.6. The quantitative estimate of drug-likeness (QED) is 0.525. The summed E-state index contributed by atoms with van der Waals surface area (Å²) in [5.41, 5.74) is 1.66. The zero-order valence-electron chi connectivity index (χ0n) is 23.5. The lowest BCUT2D eigenvalue weighted by Gasteiger charge is -2.69. The Kier molecular flexibility index (Phi) is 5.63. The fraction of sp³-hybridized carbons (Fsp3) is 0.806. The van der Waals surface area contributed by atoms with E-state index in [-0.39, 0.29) is 34.4 Å². The summed E-state index contributed by atoms with van der Waals surface area (Å²) in [4.78, 5) is 2.85. The Hall–Kier alpha value is -1.30. The molecule has 1 saturated heterocycles. The summed E-state index contributed by atoms with van der Waals surface area (Å²) >= 11 is 0. The van der Waals surface area contributed by atoms with Crippen LogP contribution >= 0.6 is 0 Å². The van der Waals surface area contributed by atoms with Gasteiger partial charge in [0.2, 0.25) is 0 Å². The van der Waals surface area contributed by atoms with Crippen LogP contribution in [-0.2, 0) is 16.6 Å². The number of likely N-dealkylation sites (tertiary alicyclic amines) is 1. The summed E-state index contributed by atoms with van der Waals surface area (Å²) in [5, 5.41) is 12.4. The van der Waals surface area contributed by atoms with Crippen LogP contribution in [0.4, 0.5) is 0 Å². The molecule has 6 rings (SSSR count). The number of hydrogen-bond donors (Lipinski definition) is 1. The third kappa shape index (κ3) is 2.94. The first-order valence-electron chi connectivity index (χ1n) is 14.5. The van der Waals surface area contributed by atoms with E-state index in [2.05, 4.69) is 51.7 Å². The topological polar surface area (TPSA) is 51.2 Å². The number of aliphatic hydroxyl groups is 1. The van der Waals surface area contributed by atoms with Gasteiger partial charge in [-0.1, -0.05) is 33.8 Å². The zero-order chi connectivity index (χ0) is 25.7. The second kappa shape index (κ2) is 8.10. The van der Waals surface area contributed by atoms with Gasteiger partial charge in [-0.2, -0.15) is 0 Å². The van der Waals surface area contributed by atoms with Crippen LogP contribution in [0, 0.1) is 22.7 Å². The van der Waals surface area contributed by atoms with Gasteiger partial charge >= 0.3 is 0 Å². The Bertz CT molecular complexity index is 1030. The van der Waals surface area contributed by atoms with Gasteiger partial charge < -0.3 is 19.3 Å². The van der Waals surface area contributed by atoms with Gasteiger partial charge in [0, 0.05) is 36.6 Å². The van der Waals surface area contributed by atoms with E-state index < -0.39 is 5.60 Å². The zero-order valence-corrected chi connectivity index (χ0v) is 23.5. The van der Waals surface area contributed by atoms with Crippen LogP contribution in [0.3, 0.4) is 0 Å². The Labute approximate surface area is 217 Å². The molecule has 0 aromatic heterocycles. The van der Waals surface area contributed by atoms with Crippen molar-refractivity contribution in [1.82, 2.24) is 4.90 Å². The predicted octanol–water partition coefficient (Wildman–Crippen LogP) is 5.35. The normalized spacial score (nSPS) is 38.8. The Morgan fingerprint density at radius 3 is 2.53 bits per heavy atom. The van der Waals surface area contributed by atoms with E-state index in [1.807, 2.05) is 7.11 Å². The van der Waals surface area contributed by atoms with Crippen LogP contribution in [0.25, 0.3) is 0 Å². The molecule has 1 aromatic carbocycles. The van der Waals surface area contributed by atoms with Gasteiger partial charge in [-0.25, -0.2) is 0 Å². The van der Waals surface area contributed by atoms with E-state index in [0.717, 1.165) is 56.1 Å². The SMILES string of the molecule is CCC(C)(C)[C@@](C)(O)[C@H]1C[C@]2(CC)[C@H]3Cc4ccc(OC)c5c4[C@@]2(CCN3CC2CC2)[C@@H](O5)[C@@H]1OC. The van der Waals surface area contributed by atoms with Gasteiger partial charge in [0.15, 0.2) is 11.5 Å². The monoisotopic (exact) mass is 497 g/mol. The van der Waals surface area contributed by atoms with Gasteiger partial charge in [0.1, 0.15) is 12.2 Å². The first kappa shape index (κ1) is 25.0. The number of ether oxygens (including phenoxy) is 3. The minimum Gasteiger partial charge on any atom is -0.493 e. The molecule has 2 heterocycles. The van der Waals surface area contributed by atoms with Crippen molar-refractivity contribution in [3.05, 3.63) is 23.3 Å². The summed E-state index contributed by atoms with van der Waals surface area (Å²) in [6.45, 7) is 13.5. The van der Waals surface area contributed by atoms with Crippen molar-refractivity contribution >= 4 is 0 Å². The maximum absolute atomic E-state index is 12.4. The smallest absolute Gasteiger partial charge is 0.165 e. The maximum Gasteiger partial charge on any atom is 0.165 e. The van der Waals surface area contributed by atoms with Crippen molar-refractivity contribution in [2.75, 3.05) is 27.3 Å². The summed E-state index contributed by atoms with van der Waals surface area (Å²) in [7, 11) is 3.58. The van der Waals surface area contributed by atoms with E-state index in [9.17, 15) is 5.11 Å². The lowest BCUT2D eigenvalue weighted by atomic mass is 9.39. The number of nitrogens with zero attached hydrogens (tertiary/aromatic N) is 1. The second-order valence-corrected chi connectivity index (χ2v) is 13.5. The number of methoxy groups -OCH3 is 2. The number of hydrogen-bond acceptors (Lipinski definition) is 5. The minimum atomic E-state index is -0.885. The molecule has 200 valence electrons. The summed E-state index contributed by atoms with van der Waals surface area (Å²) in [6, 6.07) is 4.89. The third-order valence-corrected chi connectivity index (χ3v) is 12.1. The van der Waals surface area contributed by atoms with Gasteiger partial charge in [-0.05, 0) is 86.8 Å². The van der Waals surface area contributed by atoms with Crippen LogP contribution in [0.1, 0.15) is 84.3 Å². The van der Waals surface area contributed by atoms with Gasteiger partial charge in [-0.15, -0.1) is 0 Å². The Balaban J connectivity index is 1.57. The van der Waals surface area contributed by atoms with Crippen molar-refractivity contribution in [1.29, 1.82) is 0 Å². The molecule has 1 aromatic rings. The van der Waals surface area contributed by atoms with E-state index in [0.29, 0.717) is 6.04 Å². The van der Waals surface area contributed by atoms with Crippen molar-refractivity contribution in [3.8, 4) is 11.5 Å². The third-order valence-electron chi connectivity index (χ3n) is 12.1. The number of rotatable bonds is 8. The van der Waals surface area contributed by atoms with Crippen molar-refractivity contribution in [3.63, 3.8) is 0 Å². The molecule has 0 amide bonds. The van der Waals surface area contributed by atoms with Gasteiger partial charge in [-0.3, -0.25) is 4.90 Å². The molecular weight excluding hydrogens is 450 g/mol. The Morgan fingerprint density at radius 2 is 1.92 bits per heavy atom. The van der Waals surface area contributed by atoms with Gasteiger partial charge in [0.25, 0.3) is 0 Å². The van der Waals surface area contributed by atoms with Crippen LogP contribution in [-0.4, -0.2) is 61.2 Å². The molecule has 3 fully saturated rings. The van der Waals surface area contributed by atoms with Crippen LogP contribution in [0.15, 0.2) is 12.1 Å². The lowest BCUT2D eigenvalue weighted by molar-refractivity contribution is -0.239. The minimum absolute atomic E-state index is 0.0132. The molecule has 7 atom stereocenters. The largest absolute Gasteiger partial charge is 0.493 e. The van der Waals surface area contributed by atoms with Crippen LogP contribution < -0.4 is 9.47 Å². The van der Waals surface area contributed by atoms with E-state index in [1.54, 1.807) is 7.11 Å². The van der Waals surface area contributed by atoms with E-state index >= 15 is 0 Å². The lowest BCUT2D eigenvalue weighted by Crippen LogP contribution is -2.76. The summed E-state index contributed by atoms with van der Waals surface area (Å²) in [5.74, 6) is 2.64. The highest BCUT2D eigenvalue weighted by molar-refractivity contribution is 5.62. The molecule has 5 nitrogen and oxygen atoms in total. The van der Waals surface area contributed by atoms with Crippen molar-refractivity contribution in [2.45, 2.75) is 109 Å². The van der Waals surface area contributed by atoms with Crippen LogP contribution in [0.2, 0.25) is 0 Å². The molecular formula is C31H47NO4. The first-order chi connectivity index (χ1) is 17.1. The molecule has 2 aliphatic heterocycles. The van der Waals surface area contributed by atoms with Crippen molar-refractivity contribution in [2.24, 2.45) is 22.7 Å². The highest BCUT2D eigenvalue weighted by Gasteiger charge is 2.75. The van der Waals surface area contributed by atoms with Crippen LogP contribution in [0.5, 0.6) is 11.5 Å². The molecule has 2 saturated carbocycles. The second-order valence-electron chi connectivity index (χ2n) is 13.5. The number of piperidine rings is 1. The molecule has 1 N–H and O–H groups in total. The highest BCUT2D eigenvalue weighted by Crippen LogP contribution is 2.72. The molecule has 0 unspecified atom stereocenters. The fourth-order valence-electron chi connectivity index (χ4n) is 9.21. The molecule has 2 bridgehead atoms. The molecule has 3 aliphatic carbocycles. The maximum atomic E-state index is 12.4. The fourth-order valence-corrected chi connectivity index (χ4v) is 9.21. The first-order valence-corrected chi connectivity index (χ1v) is 14.5. The summed E-state index contributed by atoms with van der Waals surface area (Å²) < 4.78 is 19.3. The average molecular weight is 498 g/mol. The van der Waals surface area contributed by atoms with E-state index in [4.69, 9.17) is 14.2 Å². The predicted molar refractivity (Wildman–Crippen MR) is 142 cm³/mol. The molecule has 1 spiro atoms. The van der Waals surface area contributed by atoms with E-state index in [1.165, 1.54) is 30.5 Å². The number of benzene rings is 1. The van der Waals surface area contributed by atoms with Gasteiger partial charge in [0.05, 0.1) is 12.7 Å². The summed E-state index contributed by atoms with van der Waals surface area (Å²) in [6.07, 6.45) is 7.60.